The van der Waals surface area contributed by atoms with Crippen molar-refractivity contribution >= 4 is 46.3 Å². The highest BCUT2D eigenvalue weighted by atomic mass is 35.5. The highest BCUT2D eigenvalue weighted by molar-refractivity contribution is 6.39. The van der Waals surface area contributed by atoms with Crippen molar-refractivity contribution in [3.8, 4) is 0 Å². The van der Waals surface area contributed by atoms with Crippen molar-refractivity contribution in [2.24, 2.45) is 0 Å². The summed E-state index contributed by atoms with van der Waals surface area (Å²) in [6.07, 6.45) is 2.24. The van der Waals surface area contributed by atoms with Gasteiger partial charge in [-0.3, -0.25) is 0 Å². The van der Waals surface area contributed by atoms with Gasteiger partial charge in [0.05, 0.1) is 15.7 Å². The minimum absolute atomic E-state index is 0.419. The lowest BCUT2D eigenvalue weighted by atomic mass is 10.3. The molecule has 0 amide bonds. The van der Waals surface area contributed by atoms with Gasteiger partial charge >= 0.3 is 0 Å². The van der Waals surface area contributed by atoms with Gasteiger partial charge in [0, 0.05) is 12.0 Å². The SMILES string of the molecule is Clc1cc(Nc2c(Cl)cccc2Cl)nc(C2CC2)n1. The number of halogens is 3. The van der Waals surface area contributed by atoms with Gasteiger partial charge in [0.15, 0.2) is 0 Å². The zero-order valence-electron chi connectivity index (χ0n) is 9.83. The number of anilines is 2. The van der Waals surface area contributed by atoms with Crippen molar-refractivity contribution in [2.45, 2.75) is 18.8 Å². The van der Waals surface area contributed by atoms with Gasteiger partial charge in [-0.25, -0.2) is 9.97 Å². The van der Waals surface area contributed by atoms with Crippen LogP contribution in [0.3, 0.4) is 0 Å². The first-order chi connectivity index (χ1) is 9.13. The first-order valence-corrected chi connectivity index (χ1v) is 7.02. The van der Waals surface area contributed by atoms with Gasteiger partial charge in [0.1, 0.15) is 16.8 Å². The van der Waals surface area contributed by atoms with Crippen LogP contribution in [0.4, 0.5) is 11.5 Å². The molecule has 1 N–H and O–H groups in total. The molecule has 1 aromatic heterocycles. The molecular weight excluding hydrogens is 305 g/mol. The number of hydrogen-bond acceptors (Lipinski definition) is 3. The van der Waals surface area contributed by atoms with Crippen molar-refractivity contribution in [2.75, 3.05) is 5.32 Å². The van der Waals surface area contributed by atoms with E-state index in [0.29, 0.717) is 32.6 Å². The van der Waals surface area contributed by atoms with E-state index >= 15 is 0 Å². The number of nitrogens with one attached hydrogen (secondary N) is 1. The third kappa shape index (κ3) is 2.94. The largest absolute Gasteiger partial charge is 0.338 e. The lowest BCUT2D eigenvalue weighted by Crippen LogP contribution is -2.00. The van der Waals surface area contributed by atoms with Crippen LogP contribution >= 0.6 is 34.8 Å². The number of rotatable bonds is 3. The third-order valence-corrected chi connectivity index (χ3v) is 3.69. The molecule has 6 heteroatoms. The lowest BCUT2D eigenvalue weighted by Gasteiger charge is -2.10. The maximum Gasteiger partial charge on any atom is 0.135 e. The van der Waals surface area contributed by atoms with Gasteiger partial charge in [-0.1, -0.05) is 40.9 Å². The Morgan fingerprint density at radius 1 is 1.05 bits per heavy atom. The number of para-hydroxylation sites is 1. The summed E-state index contributed by atoms with van der Waals surface area (Å²) < 4.78 is 0. The Morgan fingerprint density at radius 3 is 2.37 bits per heavy atom. The van der Waals surface area contributed by atoms with Gasteiger partial charge in [0.25, 0.3) is 0 Å². The van der Waals surface area contributed by atoms with Crippen LogP contribution in [0.25, 0.3) is 0 Å². The van der Waals surface area contributed by atoms with Gasteiger partial charge in [0.2, 0.25) is 0 Å². The lowest BCUT2D eigenvalue weighted by molar-refractivity contribution is 0.931. The Labute approximate surface area is 125 Å². The van der Waals surface area contributed by atoms with E-state index in [0.717, 1.165) is 18.7 Å². The molecule has 1 heterocycles. The van der Waals surface area contributed by atoms with Crippen molar-refractivity contribution in [1.82, 2.24) is 9.97 Å². The van der Waals surface area contributed by atoms with Crippen molar-refractivity contribution < 1.29 is 0 Å². The van der Waals surface area contributed by atoms with Gasteiger partial charge in [-0.2, -0.15) is 0 Å². The molecule has 1 fully saturated rings. The summed E-state index contributed by atoms with van der Waals surface area (Å²) in [7, 11) is 0. The monoisotopic (exact) mass is 313 g/mol. The maximum atomic E-state index is 6.11. The molecule has 1 saturated carbocycles. The van der Waals surface area contributed by atoms with Gasteiger partial charge in [-0.05, 0) is 25.0 Å². The number of aromatic nitrogens is 2. The molecule has 0 saturated heterocycles. The topological polar surface area (TPSA) is 37.8 Å². The normalized spacial score (nSPS) is 14.5. The van der Waals surface area contributed by atoms with Crippen LogP contribution in [0, 0.1) is 0 Å². The Morgan fingerprint density at radius 2 is 1.74 bits per heavy atom. The second kappa shape index (κ2) is 5.16. The molecule has 0 aliphatic heterocycles. The Kier molecular flexibility index (Phi) is 3.52. The zero-order valence-corrected chi connectivity index (χ0v) is 12.1. The van der Waals surface area contributed by atoms with Gasteiger partial charge < -0.3 is 5.32 Å². The molecule has 1 aliphatic carbocycles. The molecule has 1 aliphatic rings. The minimum atomic E-state index is 0.419. The molecule has 0 bridgehead atoms. The first-order valence-electron chi connectivity index (χ1n) is 5.89. The van der Waals surface area contributed by atoms with E-state index < -0.39 is 0 Å². The fourth-order valence-corrected chi connectivity index (χ4v) is 2.45. The van der Waals surface area contributed by atoms with E-state index in [-0.39, 0.29) is 0 Å². The van der Waals surface area contributed by atoms with E-state index in [4.69, 9.17) is 34.8 Å². The summed E-state index contributed by atoms with van der Waals surface area (Å²) in [4.78, 5) is 8.68. The summed E-state index contributed by atoms with van der Waals surface area (Å²) in [5, 5.41) is 4.60. The van der Waals surface area contributed by atoms with Crippen molar-refractivity contribution in [3.05, 3.63) is 45.3 Å². The average Bonchev–Trinajstić information content (AvgIpc) is 3.17. The highest BCUT2D eigenvalue weighted by Crippen LogP contribution is 2.39. The van der Waals surface area contributed by atoms with E-state index in [1.807, 2.05) is 0 Å². The maximum absolute atomic E-state index is 6.11. The fraction of sp³-hybridized carbons (Fsp3) is 0.231. The standard InChI is InChI=1S/C13H10Cl3N3/c14-8-2-1-3-9(15)12(8)18-11-6-10(16)17-13(19-11)7-4-5-7/h1-3,6-7H,4-5H2,(H,17,18,19). The molecule has 98 valence electrons. The molecule has 0 atom stereocenters. The molecule has 3 rings (SSSR count). The van der Waals surface area contributed by atoms with E-state index in [1.165, 1.54) is 0 Å². The number of benzene rings is 1. The van der Waals surface area contributed by atoms with Crippen LogP contribution in [0.2, 0.25) is 15.2 Å². The summed E-state index contributed by atoms with van der Waals surface area (Å²) in [6, 6.07) is 6.98. The molecule has 2 aromatic rings. The number of hydrogen-bond donors (Lipinski definition) is 1. The average molecular weight is 315 g/mol. The first kappa shape index (κ1) is 13.0. The van der Waals surface area contributed by atoms with Crippen molar-refractivity contribution in [3.63, 3.8) is 0 Å². The van der Waals surface area contributed by atoms with Crippen LogP contribution < -0.4 is 5.32 Å². The fourth-order valence-electron chi connectivity index (χ4n) is 1.77. The molecular formula is C13H10Cl3N3. The molecule has 0 radical (unpaired) electrons. The van der Waals surface area contributed by atoms with E-state index in [1.54, 1.807) is 24.3 Å². The minimum Gasteiger partial charge on any atom is -0.338 e. The zero-order chi connectivity index (χ0) is 13.4. The molecule has 19 heavy (non-hydrogen) atoms. The summed E-state index contributed by atoms with van der Waals surface area (Å²) in [5.74, 6) is 1.82. The second-order valence-corrected chi connectivity index (χ2v) is 5.63. The smallest absolute Gasteiger partial charge is 0.135 e. The van der Waals surface area contributed by atoms with Crippen LogP contribution in [-0.4, -0.2) is 9.97 Å². The highest BCUT2D eigenvalue weighted by Gasteiger charge is 2.27. The molecule has 0 spiro atoms. The predicted octanol–water partition coefficient (Wildman–Crippen LogP) is 5.06. The molecule has 0 unspecified atom stereocenters. The van der Waals surface area contributed by atoms with Gasteiger partial charge in [-0.15, -0.1) is 0 Å². The van der Waals surface area contributed by atoms with Crippen LogP contribution in [-0.2, 0) is 0 Å². The second-order valence-electron chi connectivity index (χ2n) is 4.43. The number of nitrogens with zero attached hydrogens (tertiary/aromatic N) is 2. The van der Waals surface area contributed by atoms with Crippen LogP contribution in [0.5, 0.6) is 0 Å². The Hall–Kier alpha value is -1.03. The third-order valence-electron chi connectivity index (χ3n) is 2.87. The Bertz CT molecular complexity index is 606. The summed E-state index contributed by atoms with van der Waals surface area (Å²) in [5.41, 5.74) is 0.627. The molecule has 3 nitrogen and oxygen atoms in total. The van der Waals surface area contributed by atoms with Crippen LogP contribution in [0.1, 0.15) is 24.6 Å². The quantitative estimate of drug-likeness (QED) is 0.805. The Balaban J connectivity index is 1.94. The molecule has 1 aromatic carbocycles. The van der Waals surface area contributed by atoms with Crippen molar-refractivity contribution in [1.29, 1.82) is 0 Å². The summed E-state index contributed by atoms with van der Waals surface area (Å²) in [6.45, 7) is 0. The van der Waals surface area contributed by atoms with E-state index in [2.05, 4.69) is 15.3 Å². The predicted molar refractivity (Wildman–Crippen MR) is 78.8 cm³/mol. The van der Waals surface area contributed by atoms with Crippen LogP contribution in [0.15, 0.2) is 24.3 Å². The van der Waals surface area contributed by atoms with E-state index in [9.17, 15) is 0 Å². The summed E-state index contributed by atoms with van der Waals surface area (Å²) >= 11 is 18.2.